The molecule has 0 bridgehead atoms. The van der Waals surface area contributed by atoms with Crippen LogP contribution in [0.2, 0.25) is 0 Å². The molecule has 0 aromatic rings. The standard InChI is InChI=1S/C18H31N3O3/c1-13(12-20(17(23)24)18(2,3)4)15-11-16(22)21(19-15)10-9-14-7-5-6-8-14/h13-14H,5-12H2,1-4H3,(H,23,24). The van der Waals surface area contributed by atoms with Crippen LogP contribution in [0.1, 0.15) is 66.2 Å². The molecule has 24 heavy (non-hydrogen) atoms. The Bertz CT molecular complexity index is 504. The number of carbonyl (C=O) groups is 2. The zero-order valence-electron chi connectivity index (χ0n) is 15.4. The second kappa shape index (κ2) is 7.53. The maximum absolute atomic E-state index is 12.2. The van der Waals surface area contributed by atoms with Gasteiger partial charge in [0.15, 0.2) is 0 Å². The number of carbonyl (C=O) groups excluding carboxylic acids is 1. The summed E-state index contributed by atoms with van der Waals surface area (Å²) in [5.74, 6) is 0.728. The number of hydrazone groups is 1. The molecule has 1 atom stereocenters. The van der Waals surface area contributed by atoms with Crippen LogP contribution in [0, 0.1) is 11.8 Å². The molecule has 0 radical (unpaired) electrons. The van der Waals surface area contributed by atoms with Crippen LogP contribution < -0.4 is 0 Å². The van der Waals surface area contributed by atoms with Crippen LogP contribution in [0.5, 0.6) is 0 Å². The van der Waals surface area contributed by atoms with Gasteiger partial charge in [0.1, 0.15) is 0 Å². The first-order chi connectivity index (χ1) is 11.2. The molecule has 1 N–H and O–H groups in total. The number of carboxylic acid groups (broad SMARTS) is 1. The van der Waals surface area contributed by atoms with Crippen LogP contribution in [0.25, 0.3) is 0 Å². The summed E-state index contributed by atoms with van der Waals surface area (Å²) in [5, 5.41) is 15.5. The average Bonchev–Trinajstić information content (AvgIpc) is 3.10. The molecular weight excluding hydrogens is 306 g/mol. The van der Waals surface area contributed by atoms with E-state index in [1.165, 1.54) is 30.6 Å². The van der Waals surface area contributed by atoms with E-state index in [1.54, 1.807) is 5.01 Å². The van der Waals surface area contributed by atoms with Crippen molar-refractivity contribution in [1.29, 1.82) is 0 Å². The third kappa shape index (κ3) is 4.71. The van der Waals surface area contributed by atoms with Crippen molar-refractivity contribution in [3.05, 3.63) is 0 Å². The fraction of sp³-hybridized carbons (Fsp3) is 0.833. The van der Waals surface area contributed by atoms with Gasteiger partial charge in [-0.2, -0.15) is 5.10 Å². The molecule has 0 aromatic heterocycles. The van der Waals surface area contributed by atoms with E-state index in [1.807, 2.05) is 27.7 Å². The van der Waals surface area contributed by atoms with Crippen LogP contribution in [-0.4, -0.2) is 51.4 Å². The molecule has 1 aliphatic carbocycles. The summed E-state index contributed by atoms with van der Waals surface area (Å²) < 4.78 is 0. The van der Waals surface area contributed by atoms with Crippen LogP contribution in [0.15, 0.2) is 5.10 Å². The largest absolute Gasteiger partial charge is 0.465 e. The van der Waals surface area contributed by atoms with Crippen LogP contribution in [0.4, 0.5) is 4.79 Å². The summed E-state index contributed by atoms with van der Waals surface area (Å²) in [5.41, 5.74) is 0.340. The zero-order chi connectivity index (χ0) is 17.9. The van der Waals surface area contributed by atoms with Gasteiger partial charge in [-0.3, -0.25) is 4.79 Å². The Labute approximate surface area is 144 Å². The Morgan fingerprint density at radius 1 is 1.38 bits per heavy atom. The lowest BCUT2D eigenvalue weighted by Crippen LogP contribution is -2.47. The van der Waals surface area contributed by atoms with Gasteiger partial charge in [0.2, 0.25) is 5.91 Å². The molecule has 136 valence electrons. The van der Waals surface area contributed by atoms with E-state index < -0.39 is 11.6 Å². The number of rotatable bonds is 6. The van der Waals surface area contributed by atoms with Gasteiger partial charge in [0.05, 0.1) is 12.1 Å². The predicted octanol–water partition coefficient (Wildman–Crippen LogP) is 3.57. The molecule has 1 fully saturated rings. The minimum absolute atomic E-state index is 0.0486. The molecule has 1 saturated carbocycles. The molecule has 1 aliphatic heterocycles. The Kier molecular flexibility index (Phi) is 5.88. The molecule has 2 aliphatic rings. The topological polar surface area (TPSA) is 73.2 Å². The Morgan fingerprint density at radius 2 is 2.00 bits per heavy atom. The van der Waals surface area contributed by atoms with Crippen molar-refractivity contribution in [3.8, 4) is 0 Å². The van der Waals surface area contributed by atoms with Crippen molar-refractivity contribution in [3.63, 3.8) is 0 Å². The van der Waals surface area contributed by atoms with Gasteiger partial charge < -0.3 is 10.0 Å². The Hall–Kier alpha value is -1.59. The Balaban J connectivity index is 1.93. The quantitative estimate of drug-likeness (QED) is 0.805. The minimum Gasteiger partial charge on any atom is -0.465 e. The number of hydrogen-bond acceptors (Lipinski definition) is 3. The molecule has 2 amide bonds. The highest BCUT2D eigenvalue weighted by molar-refractivity contribution is 6.06. The summed E-state index contributed by atoms with van der Waals surface area (Å²) in [6.07, 6.45) is 5.58. The van der Waals surface area contributed by atoms with Gasteiger partial charge >= 0.3 is 6.09 Å². The van der Waals surface area contributed by atoms with E-state index >= 15 is 0 Å². The fourth-order valence-electron chi connectivity index (χ4n) is 3.56. The summed E-state index contributed by atoms with van der Waals surface area (Å²) in [4.78, 5) is 25.1. The molecule has 0 aromatic carbocycles. The molecule has 2 rings (SSSR count). The van der Waals surface area contributed by atoms with E-state index in [9.17, 15) is 14.7 Å². The van der Waals surface area contributed by atoms with Gasteiger partial charge in [-0.15, -0.1) is 0 Å². The van der Waals surface area contributed by atoms with Gasteiger partial charge in [0.25, 0.3) is 0 Å². The van der Waals surface area contributed by atoms with Crippen molar-refractivity contribution < 1.29 is 14.7 Å². The van der Waals surface area contributed by atoms with Crippen molar-refractivity contribution >= 4 is 17.7 Å². The third-order valence-electron chi connectivity index (χ3n) is 5.16. The smallest absolute Gasteiger partial charge is 0.407 e. The second-order valence-corrected chi connectivity index (χ2v) is 8.19. The number of nitrogens with zero attached hydrogens (tertiary/aromatic N) is 3. The summed E-state index contributed by atoms with van der Waals surface area (Å²) in [6.45, 7) is 8.65. The van der Waals surface area contributed by atoms with E-state index in [0.29, 0.717) is 19.5 Å². The van der Waals surface area contributed by atoms with Crippen molar-refractivity contribution in [1.82, 2.24) is 9.91 Å². The second-order valence-electron chi connectivity index (χ2n) is 8.19. The van der Waals surface area contributed by atoms with E-state index in [2.05, 4.69) is 5.10 Å². The highest BCUT2D eigenvalue weighted by atomic mass is 16.4. The molecule has 6 nitrogen and oxygen atoms in total. The van der Waals surface area contributed by atoms with E-state index in [0.717, 1.165) is 18.1 Å². The van der Waals surface area contributed by atoms with Gasteiger partial charge in [0, 0.05) is 24.5 Å². The van der Waals surface area contributed by atoms with E-state index in [4.69, 9.17) is 0 Å². The number of amides is 2. The summed E-state index contributed by atoms with van der Waals surface area (Å²) in [6, 6.07) is 0. The lowest BCUT2D eigenvalue weighted by Gasteiger charge is -2.35. The van der Waals surface area contributed by atoms with Gasteiger partial charge in [-0.1, -0.05) is 32.6 Å². The van der Waals surface area contributed by atoms with Crippen molar-refractivity contribution in [2.75, 3.05) is 13.1 Å². The first-order valence-electron chi connectivity index (χ1n) is 9.06. The predicted molar refractivity (Wildman–Crippen MR) is 94.0 cm³/mol. The average molecular weight is 337 g/mol. The van der Waals surface area contributed by atoms with Crippen LogP contribution in [0.3, 0.4) is 0 Å². The van der Waals surface area contributed by atoms with Crippen molar-refractivity contribution in [2.45, 2.75) is 71.8 Å². The van der Waals surface area contributed by atoms with Crippen molar-refractivity contribution in [2.24, 2.45) is 16.9 Å². The molecule has 1 unspecified atom stereocenters. The molecule has 0 spiro atoms. The highest BCUT2D eigenvalue weighted by Crippen LogP contribution is 2.28. The lowest BCUT2D eigenvalue weighted by atomic mass is 9.99. The third-order valence-corrected chi connectivity index (χ3v) is 5.16. The maximum atomic E-state index is 12.2. The van der Waals surface area contributed by atoms with Gasteiger partial charge in [-0.25, -0.2) is 9.80 Å². The van der Waals surface area contributed by atoms with Crippen LogP contribution >= 0.6 is 0 Å². The Morgan fingerprint density at radius 3 is 2.54 bits per heavy atom. The lowest BCUT2D eigenvalue weighted by molar-refractivity contribution is -0.128. The first kappa shape index (κ1) is 18.7. The fourth-order valence-corrected chi connectivity index (χ4v) is 3.56. The zero-order valence-corrected chi connectivity index (χ0v) is 15.4. The SMILES string of the molecule is CC(CN(C(=O)O)C(C)(C)C)C1=NN(CCC2CCCC2)C(=O)C1. The maximum Gasteiger partial charge on any atom is 0.407 e. The highest BCUT2D eigenvalue weighted by Gasteiger charge is 2.32. The molecule has 1 heterocycles. The van der Waals surface area contributed by atoms with Crippen LogP contribution in [-0.2, 0) is 4.79 Å². The summed E-state index contributed by atoms with van der Waals surface area (Å²) >= 11 is 0. The monoisotopic (exact) mass is 337 g/mol. The molecular formula is C18H31N3O3. The number of hydrogen-bond donors (Lipinski definition) is 1. The summed E-state index contributed by atoms with van der Waals surface area (Å²) in [7, 11) is 0. The minimum atomic E-state index is -0.933. The van der Waals surface area contributed by atoms with Gasteiger partial charge in [-0.05, 0) is 33.1 Å². The first-order valence-corrected chi connectivity index (χ1v) is 9.06. The molecule has 6 heteroatoms. The normalized spacial score (nSPS) is 20.4. The molecule has 0 saturated heterocycles. The van der Waals surface area contributed by atoms with E-state index in [-0.39, 0.29) is 11.8 Å².